The second-order valence-corrected chi connectivity index (χ2v) is 12.9. The van der Waals surface area contributed by atoms with Crippen LogP contribution < -0.4 is 10.1 Å². The highest BCUT2D eigenvalue weighted by Gasteiger charge is 2.44. The minimum Gasteiger partial charge on any atom is -0.495 e. The number of ether oxygens (including phenoxy) is 1. The number of carbonyl (C=O) groups excluding carboxylic acids is 1. The number of rotatable bonds is 8. The molecule has 5 aromatic rings. The first kappa shape index (κ1) is 29.8. The van der Waals surface area contributed by atoms with Gasteiger partial charge in [0.1, 0.15) is 11.6 Å². The lowest BCUT2D eigenvalue weighted by atomic mass is 9.75. The minimum atomic E-state index is -0.946. The van der Waals surface area contributed by atoms with E-state index in [2.05, 4.69) is 28.0 Å². The van der Waals surface area contributed by atoms with Gasteiger partial charge in [-0.15, -0.1) is 0 Å². The van der Waals surface area contributed by atoms with Gasteiger partial charge in [-0.05, 0) is 92.5 Å². The molecule has 7 rings (SSSR count). The Morgan fingerprint density at radius 1 is 1.00 bits per heavy atom. The zero-order chi connectivity index (χ0) is 32.2. The highest BCUT2D eigenvalue weighted by Crippen LogP contribution is 2.45. The number of nitrogens with zero attached hydrogens (tertiary/aromatic N) is 4. The van der Waals surface area contributed by atoms with Crippen LogP contribution in [-0.2, 0) is 24.4 Å². The number of aryl methyl sites for hydroxylation is 2. The van der Waals surface area contributed by atoms with Crippen LogP contribution in [0.1, 0.15) is 85.1 Å². The van der Waals surface area contributed by atoms with E-state index in [9.17, 15) is 14.7 Å². The van der Waals surface area contributed by atoms with E-state index >= 15 is 0 Å². The van der Waals surface area contributed by atoms with E-state index in [4.69, 9.17) is 9.72 Å². The van der Waals surface area contributed by atoms with Crippen molar-refractivity contribution < 1.29 is 19.4 Å². The molecule has 46 heavy (non-hydrogen) atoms. The fourth-order valence-corrected chi connectivity index (χ4v) is 7.50. The number of aliphatic carboxylic acids is 1. The number of hydrogen-bond acceptors (Lipinski definition) is 5. The van der Waals surface area contributed by atoms with Crippen LogP contribution in [0.3, 0.4) is 0 Å². The van der Waals surface area contributed by atoms with Gasteiger partial charge in [0, 0.05) is 47.9 Å². The quantitative estimate of drug-likeness (QED) is 0.180. The summed E-state index contributed by atoms with van der Waals surface area (Å²) in [5.41, 5.74) is 7.31. The monoisotopic (exact) mass is 617 g/mol. The number of methoxy groups -OCH3 is 1. The fraction of sp³-hybridized carbons (Fsp3) is 0.351. The number of nitrogens with one attached hydrogen (secondary N) is 1. The SMILES string of the molecule is COc1cncc(-c2c(C3CCCC3)c3ccc(C(=O)NC4(c5nc6ccc(/C=C(\C)C(=O)O)cc6n5C)CCC4)cc3n2C)c1. The van der Waals surface area contributed by atoms with E-state index < -0.39 is 11.5 Å². The van der Waals surface area contributed by atoms with Gasteiger partial charge < -0.3 is 24.3 Å². The Kier molecular flexibility index (Phi) is 7.42. The smallest absolute Gasteiger partial charge is 0.331 e. The molecule has 0 bridgehead atoms. The van der Waals surface area contributed by atoms with E-state index in [-0.39, 0.29) is 11.5 Å². The van der Waals surface area contributed by atoms with Crippen LogP contribution >= 0.6 is 0 Å². The van der Waals surface area contributed by atoms with Gasteiger partial charge in [0.15, 0.2) is 0 Å². The summed E-state index contributed by atoms with van der Waals surface area (Å²) in [6, 6.07) is 13.9. The minimum absolute atomic E-state index is 0.123. The van der Waals surface area contributed by atoms with Gasteiger partial charge in [-0.25, -0.2) is 9.78 Å². The van der Waals surface area contributed by atoms with Crippen LogP contribution in [0.25, 0.3) is 39.3 Å². The molecule has 0 unspecified atom stereocenters. The van der Waals surface area contributed by atoms with E-state index in [1.807, 2.05) is 54.2 Å². The van der Waals surface area contributed by atoms with Crippen molar-refractivity contribution in [1.29, 1.82) is 0 Å². The number of carbonyl (C=O) groups is 2. The molecule has 0 aliphatic heterocycles. The van der Waals surface area contributed by atoms with Crippen molar-refractivity contribution in [3.8, 4) is 17.0 Å². The maximum absolute atomic E-state index is 14.0. The van der Waals surface area contributed by atoms with E-state index in [1.165, 1.54) is 23.8 Å². The van der Waals surface area contributed by atoms with E-state index in [1.54, 1.807) is 26.3 Å². The third-order valence-corrected chi connectivity index (χ3v) is 10.1. The molecule has 2 aromatic carbocycles. The predicted molar refractivity (Wildman–Crippen MR) is 179 cm³/mol. The van der Waals surface area contributed by atoms with Gasteiger partial charge in [-0.3, -0.25) is 9.78 Å². The van der Waals surface area contributed by atoms with Crippen LogP contribution in [0.15, 0.2) is 60.4 Å². The average Bonchev–Trinajstić information content (AvgIpc) is 3.76. The number of carboxylic acids is 1. The highest BCUT2D eigenvalue weighted by molar-refractivity contribution is 6.01. The van der Waals surface area contributed by atoms with E-state index in [0.29, 0.717) is 11.5 Å². The standard InChI is InChI=1S/C37H39N5O4/c1-22(35(44)45)16-23-10-13-29-31(17-23)42(3)36(39-29)37(14-7-15-37)40-34(43)25-11-12-28-30(19-25)41(2)33(32(28)24-8-5-6-9-24)26-18-27(46-4)21-38-20-26/h10-13,16-21,24H,5-9,14-15H2,1-4H3,(H,40,43)(H,44,45)/b22-16+. The van der Waals surface area contributed by atoms with Crippen LogP contribution in [0.2, 0.25) is 0 Å². The highest BCUT2D eigenvalue weighted by atomic mass is 16.5. The van der Waals surface area contributed by atoms with Gasteiger partial charge >= 0.3 is 5.97 Å². The van der Waals surface area contributed by atoms with Crippen molar-refractivity contribution in [2.24, 2.45) is 14.1 Å². The number of benzene rings is 2. The molecule has 9 heteroatoms. The molecule has 2 aliphatic rings. The number of aromatic nitrogens is 4. The lowest BCUT2D eigenvalue weighted by Crippen LogP contribution is -2.52. The molecule has 9 nitrogen and oxygen atoms in total. The maximum Gasteiger partial charge on any atom is 0.331 e. The van der Waals surface area contributed by atoms with Gasteiger partial charge in [0.05, 0.1) is 35.6 Å². The molecule has 0 spiro atoms. The topological polar surface area (TPSA) is 111 Å². The van der Waals surface area contributed by atoms with Crippen LogP contribution in [0, 0.1) is 0 Å². The van der Waals surface area contributed by atoms with Gasteiger partial charge in [0.25, 0.3) is 5.91 Å². The number of fused-ring (bicyclic) bond motifs is 2. The number of amides is 1. The Morgan fingerprint density at radius 2 is 1.78 bits per heavy atom. The zero-order valence-electron chi connectivity index (χ0n) is 26.8. The number of pyridine rings is 1. The number of hydrogen-bond donors (Lipinski definition) is 2. The molecule has 2 saturated carbocycles. The average molecular weight is 618 g/mol. The third-order valence-electron chi connectivity index (χ3n) is 10.1. The Bertz CT molecular complexity index is 2040. The molecular weight excluding hydrogens is 578 g/mol. The first-order valence-electron chi connectivity index (χ1n) is 16.0. The lowest BCUT2D eigenvalue weighted by molar-refractivity contribution is -0.132. The molecule has 236 valence electrons. The normalized spacial score (nSPS) is 16.6. The molecule has 2 N–H and O–H groups in total. The zero-order valence-corrected chi connectivity index (χ0v) is 26.8. The molecule has 0 radical (unpaired) electrons. The number of carboxylic acid groups (broad SMARTS) is 1. The Labute approximate surface area is 267 Å². The molecular formula is C37H39N5O4. The molecule has 0 atom stereocenters. The van der Waals surface area contributed by atoms with Crippen molar-refractivity contribution in [1.82, 2.24) is 24.4 Å². The predicted octanol–water partition coefficient (Wildman–Crippen LogP) is 7.09. The summed E-state index contributed by atoms with van der Waals surface area (Å²) in [6.07, 6.45) is 12.6. The summed E-state index contributed by atoms with van der Waals surface area (Å²) < 4.78 is 9.75. The molecule has 2 fully saturated rings. The summed E-state index contributed by atoms with van der Waals surface area (Å²) in [4.78, 5) is 34.8. The summed E-state index contributed by atoms with van der Waals surface area (Å²) in [5, 5.41) is 13.9. The molecule has 0 saturated heterocycles. The summed E-state index contributed by atoms with van der Waals surface area (Å²) in [6.45, 7) is 1.58. The molecule has 3 aromatic heterocycles. The fourth-order valence-electron chi connectivity index (χ4n) is 7.50. The van der Waals surface area contributed by atoms with Crippen molar-refractivity contribution in [2.45, 2.75) is 63.3 Å². The largest absolute Gasteiger partial charge is 0.495 e. The van der Waals surface area contributed by atoms with Crippen LogP contribution in [-0.4, -0.2) is 43.2 Å². The summed E-state index contributed by atoms with van der Waals surface area (Å²) in [5.74, 6) is 0.927. The summed E-state index contributed by atoms with van der Waals surface area (Å²) in [7, 11) is 5.70. The Balaban J connectivity index is 1.25. The Hall–Kier alpha value is -4.92. The van der Waals surface area contributed by atoms with Crippen LogP contribution in [0.5, 0.6) is 5.75 Å². The third kappa shape index (κ3) is 4.94. The lowest BCUT2D eigenvalue weighted by Gasteiger charge is -2.41. The Morgan fingerprint density at radius 3 is 2.48 bits per heavy atom. The first-order chi connectivity index (χ1) is 22.2. The van der Waals surface area contributed by atoms with Crippen molar-refractivity contribution in [2.75, 3.05) is 7.11 Å². The van der Waals surface area contributed by atoms with Gasteiger partial charge in [0.2, 0.25) is 0 Å². The van der Waals surface area contributed by atoms with Crippen molar-refractivity contribution >= 4 is 39.9 Å². The second kappa shape index (κ2) is 11.5. The second-order valence-electron chi connectivity index (χ2n) is 12.9. The van der Waals surface area contributed by atoms with Crippen molar-refractivity contribution in [3.05, 3.63) is 82.9 Å². The molecule has 3 heterocycles. The number of imidazole rings is 1. The van der Waals surface area contributed by atoms with Gasteiger partial charge in [-0.1, -0.05) is 25.0 Å². The molecule has 1 amide bonds. The molecule has 2 aliphatic carbocycles. The van der Waals surface area contributed by atoms with Crippen molar-refractivity contribution in [3.63, 3.8) is 0 Å². The summed E-state index contributed by atoms with van der Waals surface area (Å²) >= 11 is 0. The maximum atomic E-state index is 14.0. The van der Waals surface area contributed by atoms with Crippen LogP contribution in [0.4, 0.5) is 0 Å². The van der Waals surface area contributed by atoms with Gasteiger partial charge in [-0.2, -0.15) is 0 Å². The van der Waals surface area contributed by atoms with E-state index in [0.717, 1.165) is 77.0 Å². The first-order valence-corrected chi connectivity index (χ1v) is 16.0.